The molecule has 2 aromatic rings. The Kier molecular flexibility index (Phi) is 4.33. The standard InChI is InChI=1S/C13H10INOS/c14-10-6-8-11(9-7-10)15-13(17)16-12-4-2-1-3-5-12/h1-9H,(H,15,17). The van der Waals surface area contributed by atoms with Gasteiger partial charge in [-0.05, 0) is 71.2 Å². The number of benzene rings is 2. The van der Waals surface area contributed by atoms with Crippen LogP contribution in [0.4, 0.5) is 5.69 Å². The molecule has 17 heavy (non-hydrogen) atoms. The second-order valence-electron chi connectivity index (χ2n) is 3.33. The van der Waals surface area contributed by atoms with Crippen molar-refractivity contribution in [3.8, 4) is 5.75 Å². The summed E-state index contributed by atoms with van der Waals surface area (Å²) in [6.07, 6.45) is 0. The van der Waals surface area contributed by atoms with Crippen molar-refractivity contribution in [2.45, 2.75) is 0 Å². The number of halogens is 1. The summed E-state index contributed by atoms with van der Waals surface area (Å²) in [5, 5.41) is 3.37. The first-order valence-corrected chi connectivity index (χ1v) is 6.52. The number of para-hydroxylation sites is 1. The van der Waals surface area contributed by atoms with Crippen LogP contribution in [0, 0.1) is 3.57 Å². The average Bonchev–Trinajstić information content (AvgIpc) is 2.33. The van der Waals surface area contributed by atoms with Gasteiger partial charge in [0.05, 0.1) is 0 Å². The molecule has 1 N–H and O–H groups in total. The molecule has 4 heteroatoms. The highest BCUT2D eigenvalue weighted by Crippen LogP contribution is 2.13. The van der Waals surface area contributed by atoms with Crippen molar-refractivity contribution in [3.63, 3.8) is 0 Å². The van der Waals surface area contributed by atoms with Crippen LogP contribution in [0.3, 0.4) is 0 Å². The lowest BCUT2D eigenvalue weighted by molar-refractivity contribution is 0.563. The molecule has 0 aromatic heterocycles. The fourth-order valence-electron chi connectivity index (χ4n) is 1.27. The summed E-state index contributed by atoms with van der Waals surface area (Å²) in [5.41, 5.74) is 0.923. The van der Waals surface area contributed by atoms with Gasteiger partial charge in [-0.25, -0.2) is 0 Å². The maximum atomic E-state index is 5.47. The number of rotatable bonds is 2. The monoisotopic (exact) mass is 355 g/mol. The number of hydrogen-bond donors (Lipinski definition) is 1. The highest BCUT2D eigenvalue weighted by molar-refractivity contribution is 14.1. The molecule has 0 bridgehead atoms. The zero-order valence-corrected chi connectivity index (χ0v) is 11.9. The number of hydrogen-bond acceptors (Lipinski definition) is 2. The topological polar surface area (TPSA) is 21.3 Å². The zero-order chi connectivity index (χ0) is 12.1. The summed E-state index contributed by atoms with van der Waals surface area (Å²) in [4.78, 5) is 0. The Balaban J connectivity index is 1.96. The summed E-state index contributed by atoms with van der Waals surface area (Å²) in [6, 6.07) is 17.4. The molecule has 2 nitrogen and oxygen atoms in total. The average molecular weight is 355 g/mol. The van der Waals surface area contributed by atoms with Crippen LogP contribution < -0.4 is 10.1 Å². The number of thiocarbonyl (C=S) groups is 1. The lowest BCUT2D eigenvalue weighted by Gasteiger charge is -2.09. The van der Waals surface area contributed by atoms with E-state index in [4.69, 9.17) is 17.0 Å². The van der Waals surface area contributed by atoms with Gasteiger partial charge in [0.2, 0.25) is 0 Å². The normalized spacial score (nSPS) is 9.71. The quantitative estimate of drug-likeness (QED) is 0.648. The molecule has 0 fully saturated rings. The van der Waals surface area contributed by atoms with Crippen LogP contribution in [0.25, 0.3) is 0 Å². The number of anilines is 1. The Morgan fingerprint density at radius 3 is 2.29 bits per heavy atom. The van der Waals surface area contributed by atoms with Crippen LogP contribution in [-0.2, 0) is 0 Å². The van der Waals surface area contributed by atoms with Crippen molar-refractivity contribution in [1.82, 2.24) is 0 Å². The summed E-state index contributed by atoms with van der Waals surface area (Å²) in [7, 11) is 0. The molecule has 0 aliphatic heterocycles. The minimum atomic E-state index is 0.345. The van der Waals surface area contributed by atoms with E-state index in [1.54, 1.807) is 0 Å². The van der Waals surface area contributed by atoms with E-state index in [-0.39, 0.29) is 0 Å². The highest BCUT2D eigenvalue weighted by atomic mass is 127. The molecule has 0 aliphatic rings. The lowest BCUT2D eigenvalue weighted by atomic mass is 10.3. The number of ether oxygens (including phenoxy) is 1. The van der Waals surface area contributed by atoms with Gasteiger partial charge in [-0.15, -0.1) is 0 Å². The smallest absolute Gasteiger partial charge is 0.266 e. The van der Waals surface area contributed by atoms with Crippen LogP contribution in [-0.4, -0.2) is 5.17 Å². The van der Waals surface area contributed by atoms with E-state index in [1.807, 2.05) is 54.6 Å². The first-order valence-electron chi connectivity index (χ1n) is 5.03. The van der Waals surface area contributed by atoms with E-state index in [1.165, 1.54) is 3.57 Å². The zero-order valence-electron chi connectivity index (χ0n) is 8.89. The molecule has 0 amide bonds. The van der Waals surface area contributed by atoms with Crippen molar-refractivity contribution < 1.29 is 4.74 Å². The van der Waals surface area contributed by atoms with Crippen LogP contribution in [0.1, 0.15) is 0 Å². The summed E-state index contributed by atoms with van der Waals surface area (Å²) >= 11 is 7.37. The minimum Gasteiger partial charge on any atom is -0.432 e. The molecule has 0 radical (unpaired) electrons. The Bertz CT molecular complexity index is 499. The van der Waals surface area contributed by atoms with Gasteiger partial charge >= 0.3 is 0 Å². The molecule has 0 heterocycles. The van der Waals surface area contributed by atoms with Crippen molar-refractivity contribution in [1.29, 1.82) is 0 Å². The third-order valence-corrected chi connectivity index (χ3v) is 2.95. The number of nitrogens with one attached hydrogen (secondary N) is 1. The Hall–Kier alpha value is -1.14. The Labute approximate surface area is 119 Å². The van der Waals surface area contributed by atoms with Gasteiger partial charge < -0.3 is 10.1 Å². The fourth-order valence-corrected chi connectivity index (χ4v) is 1.85. The van der Waals surface area contributed by atoms with Crippen molar-refractivity contribution >= 4 is 45.7 Å². The molecule has 0 atom stereocenters. The molecule has 86 valence electrons. The molecule has 0 saturated heterocycles. The predicted molar refractivity (Wildman–Crippen MR) is 82.4 cm³/mol. The van der Waals surface area contributed by atoms with Gasteiger partial charge in [0.15, 0.2) is 0 Å². The molecule has 0 saturated carbocycles. The maximum absolute atomic E-state index is 5.47. The van der Waals surface area contributed by atoms with Gasteiger partial charge in [-0.1, -0.05) is 18.2 Å². The van der Waals surface area contributed by atoms with E-state index in [9.17, 15) is 0 Å². The second kappa shape index (κ2) is 5.97. The molecular formula is C13H10INOS. The van der Waals surface area contributed by atoms with Crippen molar-refractivity contribution in [2.75, 3.05) is 5.32 Å². The van der Waals surface area contributed by atoms with Crippen LogP contribution in [0.2, 0.25) is 0 Å². The van der Waals surface area contributed by atoms with Gasteiger partial charge in [0.1, 0.15) is 5.75 Å². The van der Waals surface area contributed by atoms with E-state index in [0.29, 0.717) is 5.17 Å². The van der Waals surface area contributed by atoms with Crippen LogP contribution >= 0.6 is 34.8 Å². The summed E-state index contributed by atoms with van der Waals surface area (Å²) in [6.45, 7) is 0. The molecule has 0 spiro atoms. The van der Waals surface area contributed by atoms with Crippen molar-refractivity contribution in [2.24, 2.45) is 0 Å². The van der Waals surface area contributed by atoms with Crippen LogP contribution in [0.5, 0.6) is 5.75 Å². The van der Waals surface area contributed by atoms with E-state index in [2.05, 4.69) is 27.9 Å². The Morgan fingerprint density at radius 1 is 1.00 bits per heavy atom. The molecule has 2 aromatic carbocycles. The molecular weight excluding hydrogens is 345 g/mol. The van der Waals surface area contributed by atoms with Gasteiger partial charge in [0.25, 0.3) is 5.17 Å². The van der Waals surface area contributed by atoms with Gasteiger partial charge in [-0.2, -0.15) is 0 Å². The highest BCUT2D eigenvalue weighted by Gasteiger charge is 2.00. The van der Waals surface area contributed by atoms with E-state index >= 15 is 0 Å². The fraction of sp³-hybridized carbons (Fsp3) is 0. The lowest BCUT2D eigenvalue weighted by Crippen LogP contribution is -2.16. The van der Waals surface area contributed by atoms with Gasteiger partial charge in [0, 0.05) is 9.26 Å². The first-order chi connectivity index (χ1) is 8.24. The predicted octanol–water partition coefficient (Wildman–Crippen LogP) is 4.07. The maximum Gasteiger partial charge on any atom is 0.266 e. The first kappa shape index (κ1) is 12.3. The molecule has 0 aliphatic carbocycles. The van der Waals surface area contributed by atoms with Crippen LogP contribution in [0.15, 0.2) is 54.6 Å². The third kappa shape index (κ3) is 3.98. The van der Waals surface area contributed by atoms with Crippen molar-refractivity contribution in [3.05, 3.63) is 58.2 Å². The SMILES string of the molecule is S=C(Nc1ccc(I)cc1)Oc1ccccc1. The van der Waals surface area contributed by atoms with E-state index < -0.39 is 0 Å². The molecule has 2 rings (SSSR count). The largest absolute Gasteiger partial charge is 0.432 e. The summed E-state index contributed by atoms with van der Waals surface area (Å²) in [5.74, 6) is 0.732. The third-order valence-electron chi connectivity index (χ3n) is 2.04. The Morgan fingerprint density at radius 2 is 1.65 bits per heavy atom. The molecule has 0 unspecified atom stereocenters. The van der Waals surface area contributed by atoms with Gasteiger partial charge in [-0.3, -0.25) is 0 Å². The summed E-state index contributed by atoms with van der Waals surface area (Å²) < 4.78 is 6.65. The second-order valence-corrected chi connectivity index (χ2v) is 4.95. The minimum absolute atomic E-state index is 0.345. The van der Waals surface area contributed by atoms with E-state index in [0.717, 1.165) is 11.4 Å².